The van der Waals surface area contributed by atoms with E-state index >= 15 is 0 Å². The van der Waals surface area contributed by atoms with Crippen LogP contribution in [0.25, 0.3) is 0 Å². The SMILES string of the molecule is C[C@@H](NC(=O)C(N)c1ccccc1)c1ccc(Br)cc1. The molecule has 0 aromatic heterocycles. The van der Waals surface area contributed by atoms with Crippen molar-refractivity contribution in [2.75, 3.05) is 0 Å². The van der Waals surface area contributed by atoms with Crippen LogP contribution >= 0.6 is 15.9 Å². The molecule has 2 atom stereocenters. The van der Waals surface area contributed by atoms with E-state index in [1.54, 1.807) is 0 Å². The van der Waals surface area contributed by atoms with Crippen molar-refractivity contribution in [1.29, 1.82) is 0 Å². The molecule has 1 unspecified atom stereocenters. The van der Waals surface area contributed by atoms with E-state index < -0.39 is 6.04 Å². The highest BCUT2D eigenvalue weighted by atomic mass is 79.9. The third-order valence-electron chi connectivity index (χ3n) is 3.17. The lowest BCUT2D eigenvalue weighted by atomic mass is 10.1. The van der Waals surface area contributed by atoms with E-state index in [0.29, 0.717) is 0 Å². The Morgan fingerprint density at radius 3 is 2.25 bits per heavy atom. The normalized spacial score (nSPS) is 13.6. The average Bonchev–Trinajstić information content (AvgIpc) is 2.48. The molecule has 0 spiro atoms. The quantitative estimate of drug-likeness (QED) is 0.902. The first-order chi connectivity index (χ1) is 9.58. The van der Waals surface area contributed by atoms with Gasteiger partial charge in [0.15, 0.2) is 0 Å². The Hall–Kier alpha value is -1.65. The summed E-state index contributed by atoms with van der Waals surface area (Å²) in [5.74, 6) is -0.174. The van der Waals surface area contributed by atoms with Gasteiger partial charge in [-0.15, -0.1) is 0 Å². The third-order valence-corrected chi connectivity index (χ3v) is 3.70. The smallest absolute Gasteiger partial charge is 0.241 e. The molecule has 0 saturated heterocycles. The molecule has 0 saturated carbocycles. The van der Waals surface area contributed by atoms with E-state index in [9.17, 15) is 4.79 Å². The fourth-order valence-electron chi connectivity index (χ4n) is 1.95. The summed E-state index contributed by atoms with van der Waals surface area (Å²) in [6.07, 6.45) is 0. The van der Waals surface area contributed by atoms with E-state index in [1.807, 2.05) is 61.5 Å². The summed E-state index contributed by atoms with van der Waals surface area (Å²) in [4.78, 5) is 12.1. The number of carbonyl (C=O) groups excluding carboxylic acids is 1. The average molecular weight is 333 g/mol. The number of rotatable bonds is 4. The molecule has 3 N–H and O–H groups in total. The van der Waals surface area contributed by atoms with Crippen molar-refractivity contribution >= 4 is 21.8 Å². The van der Waals surface area contributed by atoms with Gasteiger partial charge in [0.25, 0.3) is 0 Å². The molecule has 2 aromatic carbocycles. The van der Waals surface area contributed by atoms with Crippen molar-refractivity contribution in [2.45, 2.75) is 19.0 Å². The number of nitrogens with one attached hydrogen (secondary N) is 1. The number of halogens is 1. The summed E-state index contributed by atoms with van der Waals surface area (Å²) in [6, 6.07) is 16.5. The summed E-state index contributed by atoms with van der Waals surface area (Å²) >= 11 is 3.39. The lowest BCUT2D eigenvalue weighted by molar-refractivity contribution is -0.123. The molecule has 3 nitrogen and oxygen atoms in total. The van der Waals surface area contributed by atoms with Crippen molar-refractivity contribution < 1.29 is 4.79 Å². The summed E-state index contributed by atoms with van der Waals surface area (Å²) in [5, 5.41) is 2.93. The fraction of sp³-hybridized carbons (Fsp3) is 0.188. The van der Waals surface area contributed by atoms with Gasteiger partial charge in [0.1, 0.15) is 6.04 Å². The monoisotopic (exact) mass is 332 g/mol. The van der Waals surface area contributed by atoms with Crippen LogP contribution in [0.15, 0.2) is 59.1 Å². The van der Waals surface area contributed by atoms with E-state index in [0.717, 1.165) is 15.6 Å². The number of hydrogen-bond donors (Lipinski definition) is 2. The molecule has 4 heteroatoms. The van der Waals surface area contributed by atoms with Gasteiger partial charge in [-0.1, -0.05) is 58.4 Å². The Morgan fingerprint density at radius 1 is 1.05 bits per heavy atom. The van der Waals surface area contributed by atoms with Gasteiger partial charge >= 0.3 is 0 Å². The lowest BCUT2D eigenvalue weighted by Gasteiger charge is -2.18. The summed E-state index contributed by atoms with van der Waals surface area (Å²) in [5.41, 5.74) is 7.83. The minimum absolute atomic E-state index is 0.0784. The van der Waals surface area contributed by atoms with Gasteiger partial charge in [-0.3, -0.25) is 4.79 Å². The van der Waals surface area contributed by atoms with E-state index in [2.05, 4.69) is 21.2 Å². The molecule has 0 bridgehead atoms. The maximum absolute atomic E-state index is 12.1. The molecule has 2 aromatic rings. The number of amides is 1. The highest BCUT2D eigenvalue weighted by Gasteiger charge is 2.17. The van der Waals surface area contributed by atoms with Gasteiger partial charge in [0, 0.05) is 4.47 Å². The fourth-order valence-corrected chi connectivity index (χ4v) is 2.21. The van der Waals surface area contributed by atoms with E-state index in [1.165, 1.54) is 0 Å². The number of carbonyl (C=O) groups is 1. The molecule has 0 aliphatic rings. The van der Waals surface area contributed by atoms with Crippen LogP contribution in [0.1, 0.15) is 30.1 Å². The van der Waals surface area contributed by atoms with Gasteiger partial charge in [-0.25, -0.2) is 0 Å². The predicted octanol–water partition coefficient (Wildman–Crippen LogP) is 3.33. The maximum Gasteiger partial charge on any atom is 0.241 e. The van der Waals surface area contributed by atoms with Crippen LogP contribution in [0.5, 0.6) is 0 Å². The van der Waals surface area contributed by atoms with Crippen molar-refractivity contribution in [3.05, 3.63) is 70.2 Å². The Morgan fingerprint density at radius 2 is 1.65 bits per heavy atom. The van der Waals surface area contributed by atoms with E-state index in [-0.39, 0.29) is 11.9 Å². The molecule has 0 aliphatic carbocycles. The highest BCUT2D eigenvalue weighted by molar-refractivity contribution is 9.10. The zero-order valence-electron chi connectivity index (χ0n) is 11.2. The molecule has 1 amide bonds. The van der Waals surface area contributed by atoms with Gasteiger partial charge in [0.2, 0.25) is 5.91 Å². The first kappa shape index (κ1) is 14.8. The van der Waals surface area contributed by atoms with Crippen LogP contribution in [0.3, 0.4) is 0 Å². The van der Waals surface area contributed by atoms with Gasteiger partial charge < -0.3 is 11.1 Å². The topological polar surface area (TPSA) is 55.1 Å². The summed E-state index contributed by atoms with van der Waals surface area (Å²) < 4.78 is 1.01. The molecule has 0 radical (unpaired) electrons. The molecule has 20 heavy (non-hydrogen) atoms. The van der Waals surface area contributed by atoms with Crippen LogP contribution in [0, 0.1) is 0 Å². The molecule has 0 fully saturated rings. The Balaban J connectivity index is 2.02. The number of benzene rings is 2. The van der Waals surface area contributed by atoms with E-state index in [4.69, 9.17) is 5.73 Å². The van der Waals surface area contributed by atoms with Crippen molar-refractivity contribution in [2.24, 2.45) is 5.73 Å². The first-order valence-corrected chi connectivity index (χ1v) is 7.23. The molecular formula is C16H17BrN2O. The largest absolute Gasteiger partial charge is 0.348 e. The molecular weight excluding hydrogens is 316 g/mol. The summed E-state index contributed by atoms with van der Waals surface area (Å²) in [6.45, 7) is 1.94. The second-order valence-electron chi connectivity index (χ2n) is 4.67. The minimum atomic E-state index is -0.644. The highest BCUT2D eigenvalue weighted by Crippen LogP contribution is 2.18. The Labute approximate surface area is 127 Å². The predicted molar refractivity (Wildman–Crippen MR) is 84.1 cm³/mol. The minimum Gasteiger partial charge on any atom is -0.348 e. The Kier molecular flexibility index (Phi) is 4.93. The molecule has 2 rings (SSSR count). The third kappa shape index (κ3) is 3.68. The van der Waals surface area contributed by atoms with Crippen LogP contribution in [-0.2, 0) is 4.79 Å². The Bertz CT molecular complexity index is 569. The number of nitrogens with two attached hydrogens (primary N) is 1. The van der Waals surface area contributed by atoms with Crippen molar-refractivity contribution in [3.63, 3.8) is 0 Å². The zero-order chi connectivity index (χ0) is 14.5. The molecule has 0 heterocycles. The second kappa shape index (κ2) is 6.68. The first-order valence-electron chi connectivity index (χ1n) is 6.44. The van der Waals surface area contributed by atoms with Crippen LogP contribution < -0.4 is 11.1 Å². The zero-order valence-corrected chi connectivity index (χ0v) is 12.8. The van der Waals surface area contributed by atoms with Crippen molar-refractivity contribution in [3.8, 4) is 0 Å². The molecule has 0 aliphatic heterocycles. The van der Waals surface area contributed by atoms with Crippen molar-refractivity contribution in [1.82, 2.24) is 5.32 Å². The second-order valence-corrected chi connectivity index (χ2v) is 5.59. The van der Waals surface area contributed by atoms with Gasteiger partial charge in [0.05, 0.1) is 6.04 Å². The maximum atomic E-state index is 12.1. The van der Waals surface area contributed by atoms with Crippen LogP contribution in [0.4, 0.5) is 0 Å². The standard InChI is InChI=1S/C16H17BrN2O/c1-11(12-7-9-14(17)10-8-12)19-16(20)15(18)13-5-3-2-4-6-13/h2-11,15H,18H2,1H3,(H,19,20)/t11-,15?/m1/s1. The molecule has 104 valence electrons. The van der Waals surface area contributed by atoms with Gasteiger partial charge in [-0.05, 0) is 30.2 Å². The lowest BCUT2D eigenvalue weighted by Crippen LogP contribution is -2.35. The summed E-state index contributed by atoms with van der Waals surface area (Å²) in [7, 11) is 0. The van der Waals surface area contributed by atoms with Crippen LogP contribution in [0.2, 0.25) is 0 Å². The van der Waals surface area contributed by atoms with Crippen LogP contribution in [-0.4, -0.2) is 5.91 Å². The van der Waals surface area contributed by atoms with Gasteiger partial charge in [-0.2, -0.15) is 0 Å². The number of hydrogen-bond acceptors (Lipinski definition) is 2.